The summed E-state index contributed by atoms with van der Waals surface area (Å²) < 4.78 is 1.73. The van der Waals surface area contributed by atoms with Crippen molar-refractivity contribution in [2.24, 2.45) is 7.05 Å². The second-order valence-corrected chi connectivity index (χ2v) is 4.40. The van der Waals surface area contributed by atoms with E-state index >= 15 is 0 Å². The maximum absolute atomic E-state index is 11.9. The fourth-order valence-corrected chi connectivity index (χ4v) is 1.82. The largest absolute Gasteiger partial charge is 0.349 e. The van der Waals surface area contributed by atoms with Crippen LogP contribution in [-0.2, 0) is 18.3 Å². The van der Waals surface area contributed by atoms with Gasteiger partial charge in [-0.15, -0.1) is 0 Å². The highest BCUT2D eigenvalue weighted by atomic mass is 16.1. The number of hydrogen-bond acceptors (Lipinski definition) is 2. The number of nitrogens with one attached hydrogen (secondary N) is 1. The smallest absolute Gasteiger partial charge is 0.224 e. The van der Waals surface area contributed by atoms with Gasteiger partial charge in [-0.25, -0.2) is 0 Å². The van der Waals surface area contributed by atoms with Gasteiger partial charge in [0, 0.05) is 18.8 Å². The molecule has 94 valence electrons. The molecule has 1 unspecified atom stereocenters. The molecule has 0 saturated heterocycles. The summed E-state index contributed by atoms with van der Waals surface area (Å²) in [5.74, 6) is 0.0255. The van der Waals surface area contributed by atoms with Gasteiger partial charge < -0.3 is 5.32 Å². The lowest BCUT2D eigenvalue weighted by molar-refractivity contribution is -0.121. The van der Waals surface area contributed by atoms with E-state index in [9.17, 15) is 4.79 Å². The molecule has 1 aromatic carbocycles. The van der Waals surface area contributed by atoms with E-state index in [1.807, 2.05) is 50.5 Å². The van der Waals surface area contributed by atoms with Crippen LogP contribution in [0.3, 0.4) is 0 Å². The number of benzene rings is 1. The Morgan fingerprint density at radius 1 is 1.39 bits per heavy atom. The number of aryl methyl sites for hydroxylation is 1. The number of carbonyl (C=O) groups excluding carboxylic acids is 1. The predicted molar refractivity (Wildman–Crippen MR) is 69.9 cm³/mol. The number of amides is 1. The molecule has 0 saturated carbocycles. The van der Waals surface area contributed by atoms with E-state index in [1.54, 1.807) is 10.9 Å². The Kier molecular flexibility index (Phi) is 3.77. The molecule has 4 nitrogen and oxygen atoms in total. The first kappa shape index (κ1) is 12.4. The zero-order valence-electron chi connectivity index (χ0n) is 10.6. The molecule has 1 atom stereocenters. The lowest BCUT2D eigenvalue weighted by Crippen LogP contribution is -2.27. The second kappa shape index (κ2) is 5.49. The first-order valence-electron chi connectivity index (χ1n) is 5.97. The average Bonchev–Trinajstić information content (AvgIpc) is 2.77. The molecule has 18 heavy (non-hydrogen) atoms. The fraction of sp³-hybridized carbons (Fsp3) is 0.286. The minimum Gasteiger partial charge on any atom is -0.349 e. The first-order valence-corrected chi connectivity index (χ1v) is 5.97. The summed E-state index contributed by atoms with van der Waals surface area (Å²) in [6.45, 7) is 1.96. The van der Waals surface area contributed by atoms with Crippen molar-refractivity contribution < 1.29 is 4.79 Å². The van der Waals surface area contributed by atoms with Crippen molar-refractivity contribution in [3.63, 3.8) is 0 Å². The highest BCUT2D eigenvalue weighted by Crippen LogP contribution is 2.10. The summed E-state index contributed by atoms with van der Waals surface area (Å²) in [6.07, 6.45) is 4.09. The van der Waals surface area contributed by atoms with Crippen LogP contribution >= 0.6 is 0 Å². The monoisotopic (exact) mass is 243 g/mol. The molecular formula is C14H17N3O. The minimum atomic E-state index is -0.0186. The molecule has 1 amide bonds. The molecule has 2 rings (SSSR count). The summed E-state index contributed by atoms with van der Waals surface area (Å²) in [7, 11) is 1.86. The SMILES string of the molecule is CC(NC(=O)Cc1ccccc1)c1cnn(C)c1. The summed E-state index contributed by atoms with van der Waals surface area (Å²) in [6, 6.07) is 9.71. The maximum Gasteiger partial charge on any atom is 0.224 e. The highest BCUT2D eigenvalue weighted by molar-refractivity contribution is 5.78. The van der Waals surface area contributed by atoms with Gasteiger partial charge in [0.05, 0.1) is 18.7 Å². The number of hydrogen-bond donors (Lipinski definition) is 1. The Bertz CT molecular complexity index is 519. The van der Waals surface area contributed by atoms with Crippen LogP contribution in [0, 0.1) is 0 Å². The van der Waals surface area contributed by atoms with Gasteiger partial charge in [0.2, 0.25) is 5.91 Å². The maximum atomic E-state index is 11.9. The van der Waals surface area contributed by atoms with Gasteiger partial charge in [-0.05, 0) is 12.5 Å². The molecular weight excluding hydrogens is 226 g/mol. The molecule has 0 aliphatic heterocycles. The van der Waals surface area contributed by atoms with E-state index in [4.69, 9.17) is 0 Å². The Labute approximate surface area is 107 Å². The van der Waals surface area contributed by atoms with Gasteiger partial charge in [-0.2, -0.15) is 5.10 Å². The molecule has 0 aliphatic carbocycles. The zero-order valence-corrected chi connectivity index (χ0v) is 10.6. The first-order chi connectivity index (χ1) is 8.65. The van der Waals surface area contributed by atoms with Gasteiger partial charge in [-0.3, -0.25) is 9.48 Å². The van der Waals surface area contributed by atoms with Crippen molar-refractivity contribution in [1.82, 2.24) is 15.1 Å². The molecule has 0 radical (unpaired) electrons. The molecule has 4 heteroatoms. The molecule has 1 N–H and O–H groups in total. The minimum absolute atomic E-state index is 0.0186. The van der Waals surface area contributed by atoms with Gasteiger partial charge in [0.1, 0.15) is 0 Å². The zero-order chi connectivity index (χ0) is 13.0. The van der Waals surface area contributed by atoms with Crippen LogP contribution in [0.5, 0.6) is 0 Å². The van der Waals surface area contributed by atoms with Crippen LogP contribution in [0.15, 0.2) is 42.7 Å². The molecule has 0 aliphatic rings. The van der Waals surface area contributed by atoms with Crippen LogP contribution in [0.4, 0.5) is 0 Å². The number of rotatable bonds is 4. The van der Waals surface area contributed by atoms with Crippen molar-refractivity contribution in [3.05, 3.63) is 53.9 Å². The molecule has 0 spiro atoms. The van der Waals surface area contributed by atoms with Crippen molar-refractivity contribution >= 4 is 5.91 Å². The Hall–Kier alpha value is -2.10. The van der Waals surface area contributed by atoms with Crippen LogP contribution in [0.25, 0.3) is 0 Å². The van der Waals surface area contributed by atoms with E-state index in [2.05, 4.69) is 10.4 Å². The third kappa shape index (κ3) is 3.20. The number of aromatic nitrogens is 2. The van der Waals surface area contributed by atoms with Gasteiger partial charge in [0.25, 0.3) is 0 Å². The van der Waals surface area contributed by atoms with E-state index < -0.39 is 0 Å². The summed E-state index contributed by atoms with van der Waals surface area (Å²) in [5, 5.41) is 7.06. The van der Waals surface area contributed by atoms with Crippen molar-refractivity contribution in [2.45, 2.75) is 19.4 Å². The van der Waals surface area contributed by atoms with Crippen molar-refractivity contribution in [2.75, 3.05) is 0 Å². The summed E-state index contributed by atoms with van der Waals surface area (Å²) >= 11 is 0. The summed E-state index contributed by atoms with van der Waals surface area (Å²) in [4.78, 5) is 11.9. The number of carbonyl (C=O) groups is 1. The van der Waals surface area contributed by atoms with Crippen molar-refractivity contribution in [3.8, 4) is 0 Å². The Morgan fingerprint density at radius 2 is 2.11 bits per heavy atom. The normalized spacial score (nSPS) is 12.1. The van der Waals surface area contributed by atoms with Gasteiger partial charge in [-0.1, -0.05) is 30.3 Å². The Balaban J connectivity index is 1.92. The van der Waals surface area contributed by atoms with Crippen molar-refractivity contribution in [1.29, 1.82) is 0 Å². The van der Waals surface area contributed by atoms with Crippen LogP contribution in [-0.4, -0.2) is 15.7 Å². The quantitative estimate of drug-likeness (QED) is 0.890. The Morgan fingerprint density at radius 3 is 2.72 bits per heavy atom. The lowest BCUT2D eigenvalue weighted by atomic mass is 10.1. The van der Waals surface area contributed by atoms with Crippen LogP contribution in [0.2, 0.25) is 0 Å². The van der Waals surface area contributed by atoms with Crippen LogP contribution in [0.1, 0.15) is 24.1 Å². The van der Waals surface area contributed by atoms with Crippen LogP contribution < -0.4 is 5.32 Å². The molecule has 0 fully saturated rings. The molecule has 2 aromatic rings. The van der Waals surface area contributed by atoms with Gasteiger partial charge >= 0.3 is 0 Å². The molecule has 1 aromatic heterocycles. The predicted octanol–water partition coefficient (Wildman–Crippen LogP) is 1.84. The third-order valence-electron chi connectivity index (χ3n) is 2.81. The fourth-order valence-electron chi connectivity index (χ4n) is 1.82. The summed E-state index contributed by atoms with van der Waals surface area (Å²) in [5.41, 5.74) is 2.03. The molecule has 0 bridgehead atoms. The van der Waals surface area contributed by atoms with E-state index in [-0.39, 0.29) is 11.9 Å². The average molecular weight is 243 g/mol. The third-order valence-corrected chi connectivity index (χ3v) is 2.81. The molecule has 1 heterocycles. The second-order valence-electron chi connectivity index (χ2n) is 4.40. The highest BCUT2D eigenvalue weighted by Gasteiger charge is 2.11. The van der Waals surface area contributed by atoms with Gasteiger partial charge in [0.15, 0.2) is 0 Å². The standard InChI is InChI=1S/C14H17N3O/c1-11(13-9-15-17(2)10-13)16-14(18)8-12-6-4-3-5-7-12/h3-7,9-11H,8H2,1-2H3,(H,16,18). The van der Waals surface area contributed by atoms with E-state index in [0.29, 0.717) is 6.42 Å². The number of nitrogens with zero attached hydrogens (tertiary/aromatic N) is 2. The lowest BCUT2D eigenvalue weighted by Gasteiger charge is -2.12. The topological polar surface area (TPSA) is 46.9 Å². The van der Waals surface area contributed by atoms with E-state index in [1.165, 1.54) is 0 Å². The van der Waals surface area contributed by atoms with E-state index in [0.717, 1.165) is 11.1 Å².